The molecular formula is C31H35FN6O3S. The van der Waals surface area contributed by atoms with Crippen LogP contribution in [0, 0.1) is 5.82 Å². The lowest BCUT2D eigenvalue weighted by Crippen LogP contribution is -2.50. The molecular weight excluding hydrogens is 555 g/mol. The number of thiophene rings is 1. The van der Waals surface area contributed by atoms with Gasteiger partial charge in [0.25, 0.3) is 0 Å². The number of aliphatic hydroxyl groups is 1. The first kappa shape index (κ1) is 28.5. The summed E-state index contributed by atoms with van der Waals surface area (Å²) in [7, 11) is 0. The van der Waals surface area contributed by atoms with Crippen LogP contribution in [0.5, 0.6) is 11.5 Å². The second-order valence-electron chi connectivity index (χ2n) is 11.7. The maximum Gasteiger partial charge on any atom is 0.319 e. The van der Waals surface area contributed by atoms with Gasteiger partial charge in [0, 0.05) is 75.5 Å². The Bertz CT molecular complexity index is 1560. The predicted molar refractivity (Wildman–Crippen MR) is 163 cm³/mol. The molecule has 4 aromatic rings. The molecule has 4 heterocycles. The lowest BCUT2D eigenvalue weighted by Gasteiger charge is -2.37. The summed E-state index contributed by atoms with van der Waals surface area (Å²) in [5.41, 5.74) is 2.42. The number of benzene rings is 1. The first-order chi connectivity index (χ1) is 20.2. The number of carbonyl (C=O) groups is 1. The van der Waals surface area contributed by atoms with E-state index in [-0.39, 0.29) is 17.8 Å². The zero-order valence-electron chi connectivity index (χ0n) is 23.8. The summed E-state index contributed by atoms with van der Waals surface area (Å²) < 4.78 is 21.7. The van der Waals surface area contributed by atoms with Gasteiger partial charge in [0.2, 0.25) is 0 Å². The Hall–Kier alpha value is -3.64. The van der Waals surface area contributed by atoms with Gasteiger partial charge in [-0.05, 0) is 56.5 Å². The molecule has 1 aliphatic heterocycles. The number of rotatable bonds is 9. The summed E-state index contributed by atoms with van der Waals surface area (Å²) >= 11 is 1.50. The van der Waals surface area contributed by atoms with Crippen molar-refractivity contribution in [3.05, 3.63) is 66.2 Å². The summed E-state index contributed by atoms with van der Waals surface area (Å²) in [5, 5.41) is 15.6. The van der Waals surface area contributed by atoms with Crippen molar-refractivity contribution >= 4 is 33.3 Å². The fraction of sp³-hybridized carbons (Fsp3) is 0.387. The van der Waals surface area contributed by atoms with Crippen molar-refractivity contribution in [2.24, 2.45) is 0 Å². The number of halogens is 1. The monoisotopic (exact) mass is 590 g/mol. The third-order valence-corrected chi connectivity index (χ3v) is 8.42. The molecule has 0 atom stereocenters. The molecule has 2 fully saturated rings. The van der Waals surface area contributed by atoms with E-state index in [0.29, 0.717) is 18.0 Å². The molecule has 11 heteroatoms. The molecule has 0 bridgehead atoms. The number of urea groups is 1. The zero-order valence-corrected chi connectivity index (χ0v) is 24.6. The van der Waals surface area contributed by atoms with Gasteiger partial charge in [-0.25, -0.2) is 9.18 Å². The molecule has 3 aromatic heterocycles. The van der Waals surface area contributed by atoms with E-state index in [1.807, 2.05) is 32.2 Å². The van der Waals surface area contributed by atoms with Crippen LogP contribution in [0.1, 0.15) is 32.3 Å². The number of pyridine rings is 2. The molecule has 0 unspecified atom stereocenters. The van der Waals surface area contributed by atoms with Crippen LogP contribution < -0.4 is 15.4 Å². The van der Waals surface area contributed by atoms with E-state index < -0.39 is 11.4 Å². The lowest BCUT2D eigenvalue weighted by molar-refractivity contribution is 0.0166. The molecule has 6 rings (SSSR count). The molecule has 3 N–H and O–H groups in total. The van der Waals surface area contributed by atoms with Gasteiger partial charge in [0.1, 0.15) is 5.75 Å². The number of nitrogens with one attached hydrogen (secondary N) is 2. The Labute approximate surface area is 248 Å². The first-order valence-corrected chi connectivity index (χ1v) is 15.1. The number of aromatic nitrogens is 2. The summed E-state index contributed by atoms with van der Waals surface area (Å²) in [6.45, 7) is 9.02. The molecule has 220 valence electrons. The van der Waals surface area contributed by atoms with Gasteiger partial charge in [-0.15, -0.1) is 11.3 Å². The number of amides is 2. The quantitative estimate of drug-likeness (QED) is 0.238. The third kappa shape index (κ3) is 7.22. The highest BCUT2D eigenvalue weighted by Crippen LogP contribution is 2.39. The van der Waals surface area contributed by atoms with Crippen molar-refractivity contribution < 1.29 is 19.0 Å². The Kier molecular flexibility index (Phi) is 8.09. The lowest BCUT2D eigenvalue weighted by atomic mass is 10.1. The molecule has 0 radical (unpaired) electrons. The van der Waals surface area contributed by atoms with Gasteiger partial charge in [-0.1, -0.05) is 6.07 Å². The number of nitrogens with zero attached hydrogens (tertiary/aromatic N) is 4. The van der Waals surface area contributed by atoms with Crippen LogP contribution in [-0.4, -0.2) is 75.3 Å². The molecule has 2 aliphatic rings. The van der Waals surface area contributed by atoms with E-state index in [0.717, 1.165) is 71.9 Å². The average molecular weight is 591 g/mol. The normalized spacial score (nSPS) is 16.5. The van der Waals surface area contributed by atoms with Gasteiger partial charge < -0.3 is 20.5 Å². The number of piperazine rings is 1. The largest absolute Gasteiger partial charge is 0.453 e. The van der Waals surface area contributed by atoms with Gasteiger partial charge in [0.05, 0.1) is 26.4 Å². The smallest absolute Gasteiger partial charge is 0.319 e. The fourth-order valence-corrected chi connectivity index (χ4v) is 6.10. The Balaban J connectivity index is 1.10. The number of β-amino-alcohol motifs (C(OH)–C–C–N with tert-alkyl or cyclic N) is 1. The van der Waals surface area contributed by atoms with Crippen LogP contribution in [0.4, 0.5) is 14.9 Å². The molecule has 9 nitrogen and oxygen atoms in total. The maximum atomic E-state index is 14.9. The number of hydrogen-bond donors (Lipinski definition) is 3. The van der Waals surface area contributed by atoms with E-state index in [9.17, 15) is 14.3 Å². The highest BCUT2D eigenvalue weighted by molar-refractivity contribution is 7.22. The minimum absolute atomic E-state index is 0.0639. The van der Waals surface area contributed by atoms with Crippen LogP contribution in [0.3, 0.4) is 0 Å². The van der Waals surface area contributed by atoms with E-state index in [2.05, 4.69) is 31.5 Å². The Morgan fingerprint density at radius 2 is 1.86 bits per heavy atom. The molecule has 1 aliphatic carbocycles. The minimum atomic E-state index is -0.675. The van der Waals surface area contributed by atoms with Crippen molar-refractivity contribution in [1.82, 2.24) is 25.1 Å². The number of ether oxygens (including phenoxy) is 1. The molecule has 1 saturated carbocycles. The van der Waals surface area contributed by atoms with Gasteiger partial charge in [-0.2, -0.15) is 0 Å². The summed E-state index contributed by atoms with van der Waals surface area (Å²) in [6, 6.07) is 12.1. The van der Waals surface area contributed by atoms with Crippen LogP contribution in [0.25, 0.3) is 20.8 Å². The standard InChI is InChI=1S/C31H35FN6O3S/c1-31(2,40)19-38-13-11-37(12-14-38)18-20-3-7-24(34-17-20)28-16-25-29(42-28)27(9-10-33-25)41-26-8-6-22(15-23(26)32)36-30(39)35-21-4-5-21/h3,6-10,15-17,21,40H,4-5,11-14,18-19H2,1-2H3,(H2,35,36,39). The highest BCUT2D eigenvalue weighted by Gasteiger charge is 2.24. The van der Waals surface area contributed by atoms with Crippen molar-refractivity contribution in [2.75, 3.05) is 38.0 Å². The molecule has 42 heavy (non-hydrogen) atoms. The van der Waals surface area contributed by atoms with Crippen molar-refractivity contribution in [3.63, 3.8) is 0 Å². The predicted octanol–water partition coefficient (Wildman–Crippen LogP) is 5.46. The average Bonchev–Trinajstić information content (AvgIpc) is 3.64. The van der Waals surface area contributed by atoms with E-state index in [4.69, 9.17) is 9.72 Å². The fourth-order valence-electron chi connectivity index (χ4n) is 5.06. The number of hydrogen-bond acceptors (Lipinski definition) is 8. The second-order valence-corrected chi connectivity index (χ2v) is 12.7. The summed E-state index contributed by atoms with van der Waals surface area (Å²) in [6.07, 6.45) is 5.52. The topological polar surface area (TPSA) is 103 Å². The van der Waals surface area contributed by atoms with Crippen LogP contribution >= 0.6 is 11.3 Å². The maximum absolute atomic E-state index is 14.9. The number of anilines is 1. The van der Waals surface area contributed by atoms with E-state index in [1.165, 1.54) is 23.5 Å². The van der Waals surface area contributed by atoms with Crippen LogP contribution in [-0.2, 0) is 6.54 Å². The van der Waals surface area contributed by atoms with Gasteiger partial charge in [-0.3, -0.25) is 19.8 Å². The summed E-state index contributed by atoms with van der Waals surface area (Å²) in [5.74, 6) is -0.00598. The molecule has 0 spiro atoms. The van der Waals surface area contributed by atoms with E-state index in [1.54, 1.807) is 18.3 Å². The SMILES string of the molecule is CC(C)(O)CN1CCN(Cc2ccc(-c3cc4nccc(Oc5ccc(NC(=O)NC6CC6)cc5F)c4s3)nc2)CC1. The molecule has 1 aromatic carbocycles. The highest BCUT2D eigenvalue weighted by atomic mass is 32.1. The Morgan fingerprint density at radius 3 is 2.55 bits per heavy atom. The van der Waals surface area contributed by atoms with Crippen molar-refractivity contribution in [3.8, 4) is 22.1 Å². The van der Waals surface area contributed by atoms with Crippen molar-refractivity contribution in [1.29, 1.82) is 0 Å². The second kappa shape index (κ2) is 11.9. The first-order valence-electron chi connectivity index (χ1n) is 14.2. The van der Waals surface area contributed by atoms with Gasteiger partial charge >= 0.3 is 6.03 Å². The minimum Gasteiger partial charge on any atom is -0.453 e. The van der Waals surface area contributed by atoms with E-state index >= 15 is 0 Å². The Morgan fingerprint density at radius 1 is 1.07 bits per heavy atom. The summed E-state index contributed by atoms with van der Waals surface area (Å²) in [4.78, 5) is 26.8. The van der Waals surface area contributed by atoms with Crippen molar-refractivity contribution in [2.45, 2.75) is 44.9 Å². The van der Waals surface area contributed by atoms with Crippen LogP contribution in [0.15, 0.2) is 54.9 Å². The third-order valence-electron chi connectivity index (χ3n) is 7.26. The van der Waals surface area contributed by atoms with Gasteiger partial charge in [0.15, 0.2) is 11.6 Å². The number of fused-ring (bicyclic) bond motifs is 1. The molecule has 2 amide bonds. The molecule has 1 saturated heterocycles. The van der Waals surface area contributed by atoms with Crippen LogP contribution in [0.2, 0.25) is 0 Å². The zero-order chi connectivity index (χ0) is 29.3. The number of carbonyl (C=O) groups excluding carboxylic acids is 1.